The maximum absolute atomic E-state index is 12.8. The summed E-state index contributed by atoms with van der Waals surface area (Å²) in [4.78, 5) is 21.1. The average Bonchev–Trinajstić information content (AvgIpc) is 3.03. The number of carbonyl (C=O) groups is 1. The van der Waals surface area contributed by atoms with Crippen LogP contribution in [-0.4, -0.2) is 40.7 Å². The van der Waals surface area contributed by atoms with Crippen LogP contribution < -0.4 is 0 Å². The fourth-order valence-corrected chi connectivity index (χ4v) is 3.98. The molecule has 0 aromatic carbocycles. The first-order valence-corrected chi connectivity index (χ1v) is 9.80. The van der Waals surface area contributed by atoms with E-state index in [0.29, 0.717) is 24.7 Å². The Hall–Kier alpha value is -1.73. The summed E-state index contributed by atoms with van der Waals surface area (Å²) in [5, 5.41) is 4.06. The Morgan fingerprint density at radius 1 is 1.40 bits per heavy atom. The van der Waals surface area contributed by atoms with Crippen LogP contribution >= 0.6 is 11.3 Å². The highest BCUT2D eigenvalue weighted by Gasteiger charge is 2.35. The Bertz CT molecular complexity index is 738. The number of thiophene rings is 1. The minimum atomic E-state index is -0.108. The number of carbonyl (C=O) groups excluding carboxylic acids is 1. The summed E-state index contributed by atoms with van der Waals surface area (Å²) >= 11 is 1.53. The molecule has 1 amide bonds. The Balaban J connectivity index is 1.37. The van der Waals surface area contributed by atoms with Gasteiger partial charge in [0.15, 0.2) is 5.82 Å². The first-order chi connectivity index (χ1) is 12.2. The first-order valence-electron chi connectivity index (χ1n) is 8.98. The fraction of sp³-hybridized carbons (Fsp3) is 0.611. The number of nitrogens with zero attached hydrogens (tertiary/aromatic N) is 3. The van der Waals surface area contributed by atoms with Crippen molar-refractivity contribution in [2.75, 3.05) is 19.8 Å². The van der Waals surface area contributed by atoms with E-state index in [1.165, 1.54) is 24.2 Å². The lowest BCUT2D eigenvalue weighted by Crippen LogP contribution is -2.30. The van der Waals surface area contributed by atoms with Gasteiger partial charge in [-0.05, 0) is 50.7 Å². The summed E-state index contributed by atoms with van der Waals surface area (Å²) in [5.74, 6) is 2.04. The highest BCUT2D eigenvalue weighted by Crippen LogP contribution is 2.33. The number of likely N-dealkylation sites (tertiary alicyclic amines) is 1. The molecule has 0 N–H and O–H groups in total. The molecule has 2 aromatic rings. The van der Waals surface area contributed by atoms with Crippen molar-refractivity contribution in [1.29, 1.82) is 0 Å². The number of ether oxygens (including phenoxy) is 1. The molecular formula is C18H23N3O3S. The summed E-state index contributed by atoms with van der Waals surface area (Å²) in [6, 6.07) is 3.77. The van der Waals surface area contributed by atoms with Crippen LogP contribution in [0.3, 0.4) is 0 Å². The molecule has 0 radical (unpaired) electrons. The quantitative estimate of drug-likeness (QED) is 0.707. The molecule has 1 aliphatic carbocycles. The van der Waals surface area contributed by atoms with Crippen molar-refractivity contribution >= 4 is 17.2 Å². The number of hydrogen-bond donors (Lipinski definition) is 0. The molecule has 2 aromatic heterocycles. The zero-order valence-corrected chi connectivity index (χ0v) is 15.3. The van der Waals surface area contributed by atoms with E-state index in [9.17, 15) is 4.79 Å². The second-order valence-electron chi connectivity index (χ2n) is 6.88. The van der Waals surface area contributed by atoms with E-state index in [2.05, 4.69) is 10.1 Å². The number of amides is 1. The predicted octanol–water partition coefficient (Wildman–Crippen LogP) is 3.39. The minimum absolute atomic E-state index is 0.0631. The molecule has 1 saturated heterocycles. The largest absolute Gasteiger partial charge is 0.381 e. The van der Waals surface area contributed by atoms with Gasteiger partial charge >= 0.3 is 0 Å². The third-order valence-electron chi connectivity index (χ3n) is 4.75. The average molecular weight is 361 g/mol. The van der Waals surface area contributed by atoms with E-state index in [1.807, 2.05) is 24.0 Å². The van der Waals surface area contributed by atoms with Crippen molar-refractivity contribution in [2.24, 2.45) is 5.92 Å². The van der Waals surface area contributed by atoms with Gasteiger partial charge in [0.05, 0.1) is 11.5 Å². The van der Waals surface area contributed by atoms with Crippen LogP contribution in [0.5, 0.6) is 0 Å². The topological polar surface area (TPSA) is 68.5 Å². The third kappa shape index (κ3) is 3.93. The Morgan fingerprint density at radius 3 is 3.04 bits per heavy atom. The molecule has 25 heavy (non-hydrogen) atoms. The smallest absolute Gasteiger partial charge is 0.264 e. The molecule has 3 heterocycles. The monoisotopic (exact) mass is 361 g/mol. The third-order valence-corrected chi connectivity index (χ3v) is 5.74. The summed E-state index contributed by atoms with van der Waals surface area (Å²) in [7, 11) is 0. The highest BCUT2D eigenvalue weighted by molar-refractivity contribution is 7.13. The second-order valence-corrected chi connectivity index (χ2v) is 8.17. The van der Waals surface area contributed by atoms with Gasteiger partial charge < -0.3 is 14.2 Å². The molecule has 1 saturated carbocycles. The van der Waals surface area contributed by atoms with Crippen LogP contribution in [0.25, 0.3) is 0 Å². The van der Waals surface area contributed by atoms with Crippen molar-refractivity contribution in [3.63, 3.8) is 0 Å². The van der Waals surface area contributed by atoms with Gasteiger partial charge in [0.2, 0.25) is 5.89 Å². The SMILES string of the molecule is Cc1ccc(C(=O)N2CCCC2c2nc(CCOCC3CC3)no2)s1. The van der Waals surface area contributed by atoms with Crippen LogP contribution in [0.15, 0.2) is 16.7 Å². The summed E-state index contributed by atoms with van der Waals surface area (Å²) < 4.78 is 11.1. The van der Waals surface area contributed by atoms with Crippen molar-refractivity contribution < 1.29 is 14.1 Å². The molecule has 2 fully saturated rings. The number of rotatable bonds is 7. The van der Waals surface area contributed by atoms with Crippen molar-refractivity contribution in [2.45, 2.75) is 45.1 Å². The molecule has 2 aliphatic rings. The summed E-state index contributed by atoms with van der Waals surface area (Å²) in [5.41, 5.74) is 0. The van der Waals surface area contributed by atoms with Crippen LogP contribution in [0.4, 0.5) is 0 Å². The van der Waals surface area contributed by atoms with Gasteiger partial charge in [-0.1, -0.05) is 5.16 Å². The van der Waals surface area contributed by atoms with Crippen molar-refractivity contribution in [3.05, 3.63) is 33.6 Å². The zero-order chi connectivity index (χ0) is 17.2. The maximum Gasteiger partial charge on any atom is 0.264 e. The minimum Gasteiger partial charge on any atom is -0.381 e. The van der Waals surface area contributed by atoms with Gasteiger partial charge in [-0.2, -0.15) is 4.98 Å². The molecular weight excluding hydrogens is 338 g/mol. The standard InChI is InChI=1S/C18H23N3O3S/c1-12-4-7-15(25-12)18(22)21-9-2-3-14(21)17-19-16(20-24-17)8-10-23-11-13-5-6-13/h4,7,13-14H,2-3,5-6,8-11H2,1H3. The number of hydrogen-bond acceptors (Lipinski definition) is 6. The van der Waals surface area contributed by atoms with E-state index in [4.69, 9.17) is 9.26 Å². The number of aromatic nitrogens is 2. The Kier molecular flexibility index (Phi) is 4.85. The van der Waals surface area contributed by atoms with E-state index >= 15 is 0 Å². The van der Waals surface area contributed by atoms with Gasteiger partial charge in [-0.15, -0.1) is 11.3 Å². The zero-order valence-electron chi connectivity index (χ0n) is 14.4. The second kappa shape index (κ2) is 7.25. The maximum atomic E-state index is 12.8. The molecule has 4 rings (SSSR count). The number of aryl methyl sites for hydroxylation is 1. The molecule has 134 valence electrons. The van der Waals surface area contributed by atoms with E-state index in [0.717, 1.165) is 41.7 Å². The normalized spacial score (nSPS) is 20.4. The van der Waals surface area contributed by atoms with Crippen molar-refractivity contribution in [3.8, 4) is 0 Å². The Labute approximate surface area is 151 Å². The van der Waals surface area contributed by atoms with E-state index in [-0.39, 0.29) is 11.9 Å². The van der Waals surface area contributed by atoms with Gasteiger partial charge in [0, 0.05) is 24.4 Å². The molecule has 0 bridgehead atoms. The molecule has 6 nitrogen and oxygen atoms in total. The van der Waals surface area contributed by atoms with Crippen molar-refractivity contribution in [1.82, 2.24) is 15.0 Å². The van der Waals surface area contributed by atoms with Gasteiger partial charge in [0.1, 0.15) is 6.04 Å². The van der Waals surface area contributed by atoms with Crippen LogP contribution in [0.2, 0.25) is 0 Å². The lowest BCUT2D eigenvalue weighted by molar-refractivity contribution is 0.0715. The first kappa shape index (κ1) is 16.7. The van der Waals surface area contributed by atoms with Crippen LogP contribution in [0, 0.1) is 12.8 Å². The molecule has 1 atom stereocenters. The molecule has 7 heteroatoms. The summed E-state index contributed by atoms with van der Waals surface area (Å²) in [6.45, 7) is 4.22. The van der Waals surface area contributed by atoms with Gasteiger partial charge in [0.25, 0.3) is 5.91 Å². The predicted molar refractivity (Wildman–Crippen MR) is 93.6 cm³/mol. The summed E-state index contributed by atoms with van der Waals surface area (Å²) in [6.07, 6.45) is 5.07. The lowest BCUT2D eigenvalue weighted by Gasteiger charge is -2.21. The highest BCUT2D eigenvalue weighted by atomic mass is 32.1. The van der Waals surface area contributed by atoms with Crippen LogP contribution in [-0.2, 0) is 11.2 Å². The Morgan fingerprint density at radius 2 is 2.28 bits per heavy atom. The lowest BCUT2D eigenvalue weighted by atomic mass is 10.2. The fourth-order valence-electron chi connectivity index (χ4n) is 3.16. The van der Waals surface area contributed by atoms with Gasteiger partial charge in [-0.25, -0.2) is 0 Å². The molecule has 1 aliphatic heterocycles. The van der Waals surface area contributed by atoms with Gasteiger partial charge in [-0.3, -0.25) is 4.79 Å². The molecule has 1 unspecified atom stereocenters. The van der Waals surface area contributed by atoms with E-state index in [1.54, 1.807) is 0 Å². The van der Waals surface area contributed by atoms with E-state index < -0.39 is 0 Å². The molecule has 0 spiro atoms. The van der Waals surface area contributed by atoms with Crippen LogP contribution in [0.1, 0.15) is 58.0 Å².